The Morgan fingerprint density at radius 1 is 1.26 bits per heavy atom. The lowest BCUT2D eigenvalue weighted by Crippen LogP contribution is -2.09. The summed E-state index contributed by atoms with van der Waals surface area (Å²) in [6.45, 7) is 0.0714. The van der Waals surface area contributed by atoms with Crippen molar-refractivity contribution in [2.75, 3.05) is 11.9 Å². The molecule has 0 aliphatic carbocycles. The number of carbonyl (C=O) groups excluding carboxylic acids is 1. The molecule has 19 heavy (non-hydrogen) atoms. The first-order valence-electron chi connectivity index (χ1n) is 5.84. The van der Waals surface area contributed by atoms with Crippen molar-refractivity contribution in [2.45, 2.75) is 6.42 Å². The molecule has 0 aliphatic heterocycles. The van der Waals surface area contributed by atoms with Crippen molar-refractivity contribution in [3.05, 3.63) is 52.2 Å². The van der Waals surface area contributed by atoms with Crippen LogP contribution in [0, 0.1) is 11.8 Å². The van der Waals surface area contributed by atoms with Crippen LogP contribution in [0.5, 0.6) is 0 Å². The van der Waals surface area contributed by atoms with Crippen LogP contribution in [0.25, 0.3) is 0 Å². The first-order chi connectivity index (χ1) is 9.29. The third-order valence-electron chi connectivity index (χ3n) is 2.36. The van der Waals surface area contributed by atoms with Crippen LogP contribution in [-0.4, -0.2) is 17.6 Å². The molecule has 1 heterocycles. The minimum absolute atomic E-state index is 0.0714. The van der Waals surface area contributed by atoms with Gasteiger partial charge in [0.15, 0.2) is 0 Å². The van der Waals surface area contributed by atoms with Crippen molar-refractivity contribution < 1.29 is 9.90 Å². The zero-order valence-corrected chi connectivity index (χ0v) is 11.0. The predicted octanol–water partition coefficient (Wildman–Crippen LogP) is 2.73. The monoisotopic (exact) mass is 271 g/mol. The molecule has 0 saturated heterocycles. The molecule has 2 rings (SSSR count). The Morgan fingerprint density at radius 3 is 2.68 bits per heavy atom. The second-order valence-corrected chi connectivity index (χ2v) is 4.73. The van der Waals surface area contributed by atoms with E-state index in [4.69, 9.17) is 5.11 Å². The maximum absolute atomic E-state index is 11.8. The number of hydrogen-bond acceptors (Lipinski definition) is 3. The molecule has 2 aromatic rings. The van der Waals surface area contributed by atoms with Crippen LogP contribution in [-0.2, 0) is 0 Å². The van der Waals surface area contributed by atoms with Gasteiger partial charge in [-0.3, -0.25) is 4.79 Å². The second kappa shape index (κ2) is 6.74. The summed E-state index contributed by atoms with van der Waals surface area (Å²) in [6, 6.07) is 10.9. The number of benzene rings is 1. The van der Waals surface area contributed by atoms with Gasteiger partial charge >= 0.3 is 0 Å². The van der Waals surface area contributed by atoms with E-state index in [0.29, 0.717) is 11.3 Å². The molecule has 1 amide bonds. The van der Waals surface area contributed by atoms with E-state index < -0.39 is 0 Å². The van der Waals surface area contributed by atoms with Crippen LogP contribution in [0.2, 0.25) is 0 Å². The quantitative estimate of drug-likeness (QED) is 0.843. The van der Waals surface area contributed by atoms with Crippen molar-refractivity contribution in [1.29, 1.82) is 0 Å². The van der Waals surface area contributed by atoms with E-state index in [-0.39, 0.29) is 12.5 Å². The Morgan fingerprint density at radius 2 is 2.05 bits per heavy atom. The lowest BCUT2D eigenvalue weighted by atomic mass is 10.2. The van der Waals surface area contributed by atoms with Crippen LogP contribution < -0.4 is 5.32 Å². The van der Waals surface area contributed by atoms with Crippen molar-refractivity contribution in [2.24, 2.45) is 0 Å². The van der Waals surface area contributed by atoms with E-state index in [9.17, 15) is 4.79 Å². The van der Waals surface area contributed by atoms with Gasteiger partial charge in [-0.25, -0.2) is 0 Å². The number of anilines is 1. The average Bonchev–Trinajstić information content (AvgIpc) is 2.95. The van der Waals surface area contributed by atoms with Gasteiger partial charge in [0.1, 0.15) is 0 Å². The number of rotatable bonds is 3. The predicted molar refractivity (Wildman–Crippen MR) is 77.3 cm³/mol. The van der Waals surface area contributed by atoms with Gasteiger partial charge in [-0.1, -0.05) is 17.9 Å². The van der Waals surface area contributed by atoms with Gasteiger partial charge in [0.2, 0.25) is 0 Å². The summed E-state index contributed by atoms with van der Waals surface area (Å²) in [7, 11) is 0. The molecular weight excluding hydrogens is 258 g/mol. The van der Waals surface area contributed by atoms with Gasteiger partial charge in [-0.15, -0.1) is 11.3 Å². The summed E-state index contributed by atoms with van der Waals surface area (Å²) in [6.07, 6.45) is 0.469. The summed E-state index contributed by atoms with van der Waals surface area (Å²) in [5.41, 5.74) is 1.61. The highest BCUT2D eigenvalue weighted by molar-refractivity contribution is 7.12. The van der Waals surface area contributed by atoms with E-state index in [1.807, 2.05) is 35.7 Å². The van der Waals surface area contributed by atoms with Gasteiger partial charge in [0.05, 0.1) is 11.5 Å². The molecule has 0 spiro atoms. The van der Waals surface area contributed by atoms with Crippen LogP contribution in [0.4, 0.5) is 5.69 Å². The van der Waals surface area contributed by atoms with Gasteiger partial charge in [0.25, 0.3) is 5.91 Å². The SMILES string of the molecule is O=C(Nc1ccc(C#CCCO)cc1)c1cccs1. The molecule has 0 radical (unpaired) electrons. The van der Waals surface area contributed by atoms with E-state index >= 15 is 0 Å². The van der Waals surface area contributed by atoms with Crippen molar-refractivity contribution in [1.82, 2.24) is 0 Å². The zero-order chi connectivity index (χ0) is 13.5. The Balaban J connectivity index is 1.99. The fraction of sp³-hybridized carbons (Fsp3) is 0.133. The molecule has 4 heteroatoms. The third kappa shape index (κ3) is 3.95. The Labute approximate surface area is 115 Å². The number of hydrogen-bond donors (Lipinski definition) is 2. The molecule has 0 atom stereocenters. The van der Waals surface area contributed by atoms with Crippen molar-refractivity contribution in [3.63, 3.8) is 0 Å². The minimum Gasteiger partial charge on any atom is -0.395 e. The first kappa shape index (κ1) is 13.3. The number of aliphatic hydroxyl groups is 1. The fourth-order valence-electron chi connectivity index (χ4n) is 1.46. The molecule has 0 saturated carbocycles. The maximum atomic E-state index is 11.8. The standard InChI is InChI=1S/C15H13NO2S/c17-10-2-1-4-12-6-8-13(9-7-12)16-15(18)14-5-3-11-19-14/h3,5-9,11,17H,2,10H2,(H,16,18). The number of thiophene rings is 1. The summed E-state index contributed by atoms with van der Waals surface area (Å²) in [5.74, 6) is 5.68. The van der Waals surface area contributed by atoms with Crippen molar-refractivity contribution in [3.8, 4) is 11.8 Å². The molecule has 96 valence electrons. The maximum Gasteiger partial charge on any atom is 0.265 e. The molecule has 3 nitrogen and oxygen atoms in total. The highest BCUT2D eigenvalue weighted by Gasteiger charge is 2.05. The highest BCUT2D eigenvalue weighted by atomic mass is 32.1. The third-order valence-corrected chi connectivity index (χ3v) is 3.23. The summed E-state index contributed by atoms with van der Waals surface area (Å²) in [4.78, 5) is 12.5. The second-order valence-electron chi connectivity index (χ2n) is 3.78. The Hall–Kier alpha value is -2.09. The minimum atomic E-state index is -0.103. The van der Waals surface area contributed by atoms with Crippen LogP contribution in [0.1, 0.15) is 21.7 Å². The van der Waals surface area contributed by atoms with Gasteiger partial charge in [-0.05, 0) is 35.7 Å². The fourth-order valence-corrected chi connectivity index (χ4v) is 2.08. The van der Waals surface area contributed by atoms with Gasteiger partial charge in [0, 0.05) is 17.7 Å². The smallest absolute Gasteiger partial charge is 0.265 e. The highest BCUT2D eigenvalue weighted by Crippen LogP contribution is 2.13. The van der Waals surface area contributed by atoms with E-state index in [2.05, 4.69) is 17.2 Å². The molecule has 2 N–H and O–H groups in total. The molecule has 0 bridgehead atoms. The molecule has 0 aliphatic rings. The normalized spacial score (nSPS) is 9.53. The topological polar surface area (TPSA) is 49.3 Å². The number of amides is 1. The first-order valence-corrected chi connectivity index (χ1v) is 6.72. The zero-order valence-electron chi connectivity index (χ0n) is 10.2. The Bertz CT molecular complexity index is 591. The molecular formula is C15H13NO2S. The van der Waals surface area contributed by atoms with Gasteiger partial charge in [-0.2, -0.15) is 0 Å². The molecule has 0 unspecified atom stereocenters. The number of aliphatic hydroxyl groups excluding tert-OH is 1. The average molecular weight is 271 g/mol. The summed E-state index contributed by atoms with van der Waals surface area (Å²) < 4.78 is 0. The van der Waals surface area contributed by atoms with E-state index in [1.165, 1.54) is 11.3 Å². The lowest BCUT2D eigenvalue weighted by Gasteiger charge is -2.03. The summed E-state index contributed by atoms with van der Waals surface area (Å²) in [5, 5.41) is 13.3. The Kier molecular flexibility index (Phi) is 4.73. The van der Waals surface area contributed by atoms with E-state index in [0.717, 1.165) is 11.3 Å². The van der Waals surface area contributed by atoms with Crippen LogP contribution in [0.3, 0.4) is 0 Å². The van der Waals surface area contributed by atoms with Crippen LogP contribution in [0.15, 0.2) is 41.8 Å². The molecule has 1 aromatic carbocycles. The molecule has 1 aromatic heterocycles. The number of carbonyl (C=O) groups is 1. The van der Waals surface area contributed by atoms with E-state index in [1.54, 1.807) is 6.07 Å². The lowest BCUT2D eigenvalue weighted by molar-refractivity contribution is 0.103. The van der Waals surface area contributed by atoms with Gasteiger partial charge < -0.3 is 10.4 Å². The van der Waals surface area contributed by atoms with Crippen LogP contribution >= 0.6 is 11.3 Å². The number of nitrogens with one attached hydrogen (secondary N) is 1. The molecule has 0 fully saturated rings. The van der Waals surface area contributed by atoms with Crippen molar-refractivity contribution >= 4 is 22.9 Å². The largest absolute Gasteiger partial charge is 0.395 e. The summed E-state index contributed by atoms with van der Waals surface area (Å²) >= 11 is 1.41.